The zero-order valence-electron chi connectivity index (χ0n) is 16.8. The zero-order chi connectivity index (χ0) is 22.1. The molecular weight excluding hydrogens is 392 g/mol. The molecule has 0 aliphatic carbocycles. The van der Waals surface area contributed by atoms with Crippen molar-refractivity contribution >= 4 is 29.4 Å². The molecule has 2 aromatic carbocycles. The number of amides is 2. The van der Waals surface area contributed by atoms with Crippen LogP contribution in [0.1, 0.15) is 26.3 Å². The summed E-state index contributed by atoms with van der Waals surface area (Å²) in [6, 6.07) is 11.2. The first-order valence-corrected chi connectivity index (χ1v) is 8.91. The summed E-state index contributed by atoms with van der Waals surface area (Å²) in [5, 5.41) is 4.99. The number of benzene rings is 2. The minimum atomic E-state index is -0.861. The highest BCUT2D eigenvalue weighted by molar-refractivity contribution is 6.03. The lowest BCUT2D eigenvalue weighted by molar-refractivity contribution is -0.126. The molecule has 0 saturated heterocycles. The number of carbonyl (C=O) groups excluding carboxylic acids is 4. The van der Waals surface area contributed by atoms with E-state index in [0.717, 1.165) is 5.56 Å². The van der Waals surface area contributed by atoms with Crippen LogP contribution < -0.4 is 15.4 Å². The van der Waals surface area contributed by atoms with Crippen molar-refractivity contribution in [1.29, 1.82) is 0 Å². The summed E-state index contributed by atoms with van der Waals surface area (Å²) in [7, 11) is 2.67. The number of nitrogens with one attached hydrogen (secondary N) is 2. The molecule has 0 heterocycles. The van der Waals surface area contributed by atoms with E-state index >= 15 is 0 Å². The SMILES string of the molecule is COC(=O)c1ccccc1C(=O)OCC(=O)NCC(=O)Nc1cc(C)ccc1OC. The van der Waals surface area contributed by atoms with Crippen LogP contribution in [-0.2, 0) is 19.1 Å². The van der Waals surface area contributed by atoms with Gasteiger partial charge in [0.05, 0.1) is 37.6 Å². The van der Waals surface area contributed by atoms with Crippen LogP contribution in [0.5, 0.6) is 5.75 Å². The van der Waals surface area contributed by atoms with Crippen molar-refractivity contribution in [3.8, 4) is 5.75 Å². The van der Waals surface area contributed by atoms with Crippen LogP contribution >= 0.6 is 0 Å². The Kier molecular flexibility index (Phi) is 7.92. The van der Waals surface area contributed by atoms with E-state index in [4.69, 9.17) is 9.47 Å². The van der Waals surface area contributed by atoms with Gasteiger partial charge < -0.3 is 24.8 Å². The quantitative estimate of drug-likeness (QED) is 0.631. The fraction of sp³-hybridized carbons (Fsp3) is 0.238. The van der Waals surface area contributed by atoms with Crippen LogP contribution in [0, 0.1) is 6.92 Å². The van der Waals surface area contributed by atoms with E-state index < -0.39 is 30.4 Å². The molecule has 0 spiro atoms. The van der Waals surface area contributed by atoms with Gasteiger partial charge in [-0.2, -0.15) is 0 Å². The smallest absolute Gasteiger partial charge is 0.339 e. The molecule has 30 heavy (non-hydrogen) atoms. The van der Waals surface area contributed by atoms with Crippen molar-refractivity contribution in [2.24, 2.45) is 0 Å². The summed E-state index contributed by atoms with van der Waals surface area (Å²) in [5.74, 6) is -2.23. The van der Waals surface area contributed by atoms with Gasteiger partial charge in [-0.1, -0.05) is 18.2 Å². The molecule has 0 saturated carbocycles. The topological polar surface area (TPSA) is 120 Å². The maximum Gasteiger partial charge on any atom is 0.339 e. The first-order chi connectivity index (χ1) is 14.3. The molecule has 2 aromatic rings. The zero-order valence-corrected chi connectivity index (χ0v) is 16.8. The maximum atomic E-state index is 12.2. The number of anilines is 1. The van der Waals surface area contributed by atoms with Crippen molar-refractivity contribution in [2.45, 2.75) is 6.92 Å². The Morgan fingerprint density at radius 1 is 0.900 bits per heavy atom. The Labute approximate surface area is 173 Å². The summed E-state index contributed by atoms with van der Waals surface area (Å²) in [5.41, 5.74) is 1.40. The molecule has 2 amide bonds. The summed E-state index contributed by atoms with van der Waals surface area (Å²) >= 11 is 0. The summed E-state index contributed by atoms with van der Waals surface area (Å²) in [4.78, 5) is 47.8. The first-order valence-electron chi connectivity index (χ1n) is 8.91. The Balaban J connectivity index is 1.86. The van der Waals surface area contributed by atoms with Gasteiger partial charge in [0.1, 0.15) is 5.75 Å². The molecule has 2 rings (SSSR count). The second kappa shape index (κ2) is 10.6. The van der Waals surface area contributed by atoms with Crippen LogP contribution in [0.4, 0.5) is 5.69 Å². The lowest BCUT2D eigenvalue weighted by Gasteiger charge is -2.12. The van der Waals surface area contributed by atoms with Crippen LogP contribution in [0.3, 0.4) is 0 Å². The molecule has 158 valence electrons. The molecular formula is C21H22N2O7. The number of methoxy groups -OCH3 is 2. The lowest BCUT2D eigenvalue weighted by Crippen LogP contribution is -2.35. The normalized spacial score (nSPS) is 9.97. The number of esters is 2. The Bertz CT molecular complexity index is 956. The summed E-state index contributed by atoms with van der Waals surface area (Å²) in [6.07, 6.45) is 0. The van der Waals surface area contributed by atoms with Gasteiger partial charge in [-0.05, 0) is 36.8 Å². The van der Waals surface area contributed by atoms with Crippen molar-refractivity contribution < 1.29 is 33.4 Å². The minimum Gasteiger partial charge on any atom is -0.495 e. The third kappa shape index (κ3) is 6.06. The molecule has 9 nitrogen and oxygen atoms in total. The largest absolute Gasteiger partial charge is 0.495 e. The average molecular weight is 414 g/mol. The lowest BCUT2D eigenvalue weighted by atomic mass is 10.1. The second-order valence-corrected chi connectivity index (χ2v) is 6.14. The number of carbonyl (C=O) groups is 4. The highest BCUT2D eigenvalue weighted by atomic mass is 16.5. The van der Waals surface area contributed by atoms with E-state index in [-0.39, 0.29) is 17.7 Å². The van der Waals surface area contributed by atoms with E-state index in [1.54, 1.807) is 24.3 Å². The predicted molar refractivity (Wildman–Crippen MR) is 107 cm³/mol. The minimum absolute atomic E-state index is 0.0249. The Hall–Kier alpha value is -3.88. The van der Waals surface area contributed by atoms with E-state index in [1.807, 2.05) is 13.0 Å². The fourth-order valence-corrected chi connectivity index (χ4v) is 2.50. The van der Waals surface area contributed by atoms with Gasteiger partial charge in [0.2, 0.25) is 5.91 Å². The van der Waals surface area contributed by atoms with Crippen LogP contribution in [0.25, 0.3) is 0 Å². The van der Waals surface area contributed by atoms with Gasteiger partial charge in [-0.25, -0.2) is 9.59 Å². The Morgan fingerprint density at radius 2 is 1.57 bits per heavy atom. The van der Waals surface area contributed by atoms with E-state index in [0.29, 0.717) is 11.4 Å². The third-order valence-corrected chi connectivity index (χ3v) is 3.96. The molecule has 0 bridgehead atoms. The maximum absolute atomic E-state index is 12.2. The van der Waals surface area contributed by atoms with Gasteiger partial charge in [0, 0.05) is 0 Å². The molecule has 2 N–H and O–H groups in total. The highest BCUT2D eigenvalue weighted by Gasteiger charge is 2.19. The fourth-order valence-electron chi connectivity index (χ4n) is 2.50. The predicted octanol–water partition coefficient (Wildman–Crippen LogP) is 1.70. The van der Waals surface area contributed by atoms with Crippen LogP contribution in [0.15, 0.2) is 42.5 Å². The van der Waals surface area contributed by atoms with Crippen molar-refractivity contribution in [3.05, 3.63) is 59.2 Å². The van der Waals surface area contributed by atoms with Crippen molar-refractivity contribution in [2.75, 3.05) is 32.7 Å². The van der Waals surface area contributed by atoms with E-state index in [9.17, 15) is 19.2 Å². The number of hydrogen-bond acceptors (Lipinski definition) is 7. The average Bonchev–Trinajstić information content (AvgIpc) is 2.75. The van der Waals surface area contributed by atoms with Crippen molar-refractivity contribution in [1.82, 2.24) is 5.32 Å². The number of aryl methyl sites for hydroxylation is 1. The first kappa shape index (κ1) is 22.4. The molecule has 0 radical (unpaired) electrons. The van der Waals surface area contributed by atoms with Crippen LogP contribution in [-0.4, -0.2) is 51.1 Å². The molecule has 0 fully saturated rings. The van der Waals surface area contributed by atoms with Gasteiger partial charge >= 0.3 is 11.9 Å². The van der Waals surface area contributed by atoms with Crippen molar-refractivity contribution in [3.63, 3.8) is 0 Å². The molecule has 0 aliphatic rings. The monoisotopic (exact) mass is 414 g/mol. The number of ether oxygens (including phenoxy) is 3. The van der Waals surface area contributed by atoms with E-state index in [2.05, 4.69) is 15.4 Å². The molecule has 0 atom stereocenters. The molecule has 0 aromatic heterocycles. The van der Waals surface area contributed by atoms with Gasteiger partial charge in [0.25, 0.3) is 5.91 Å². The molecule has 0 unspecified atom stereocenters. The van der Waals surface area contributed by atoms with Crippen LogP contribution in [0.2, 0.25) is 0 Å². The number of rotatable bonds is 8. The Morgan fingerprint density at radius 3 is 2.20 bits per heavy atom. The van der Waals surface area contributed by atoms with Gasteiger partial charge in [-0.3, -0.25) is 9.59 Å². The molecule has 0 aliphatic heterocycles. The second-order valence-electron chi connectivity index (χ2n) is 6.14. The third-order valence-electron chi connectivity index (χ3n) is 3.96. The summed E-state index contributed by atoms with van der Waals surface area (Å²) < 4.78 is 14.7. The number of hydrogen-bond donors (Lipinski definition) is 2. The van der Waals surface area contributed by atoms with E-state index in [1.165, 1.54) is 26.4 Å². The molecule has 9 heteroatoms. The highest BCUT2D eigenvalue weighted by Crippen LogP contribution is 2.24. The van der Waals surface area contributed by atoms with Gasteiger partial charge in [-0.15, -0.1) is 0 Å². The van der Waals surface area contributed by atoms with Gasteiger partial charge in [0.15, 0.2) is 6.61 Å². The summed E-state index contributed by atoms with van der Waals surface area (Å²) in [6.45, 7) is 0.922. The standard InChI is InChI=1S/C21H22N2O7/c1-13-8-9-17(28-2)16(10-13)23-18(24)11-22-19(25)12-30-21(27)15-7-5-4-6-14(15)20(26)29-3/h4-10H,11-12H2,1-3H3,(H,22,25)(H,23,24).